The molecule has 2 fully saturated rings. The van der Waals surface area contributed by atoms with Gasteiger partial charge in [-0.1, -0.05) is 30.5 Å². The second-order valence-electron chi connectivity index (χ2n) is 9.10. The Morgan fingerprint density at radius 1 is 1.26 bits per heavy atom. The van der Waals surface area contributed by atoms with Crippen LogP contribution in [0.1, 0.15) is 48.9 Å². The maximum atomic E-state index is 14.0. The molecule has 2 N–H and O–H groups in total. The quantitative estimate of drug-likeness (QED) is 0.520. The van der Waals surface area contributed by atoms with Crippen molar-refractivity contribution in [1.29, 1.82) is 0 Å². The molecule has 2 aromatic heterocycles. The first-order valence-corrected chi connectivity index (χ1v) is 12.1. The van der Waals surface area contributed by atoms with E-state index in [9.17, 15) is 18.0 Å². The minimum Gasteiger partial charge on any atom is -0.371 e. The average Bonchev–Trinajstić information content (AvgIpc) is 2.80. The maximum absolute atomic E-state index is 14.0. The molecule has 184 valence electrons. The summed E-state index contributed by atoms with van der Waals surface area (Å²) in [6.45, 7) is 2.08. The number of hydrogen-bond acceptors (Lipinski definition) is 5. The van der Waals surface area contributed by atoms with Gasteiger partial charge in [-0.25, -0.2) is 18.7 Å². The molecule has 2 saturated heterocycles. The molecule has 10 heteroatoms. The van der Waals surface area contributed by atoms with Crippen LogP contribution in [0.5, 0.6) is 0 Å². The summed E-state index contributed by atoms with van der Waals surface area (Å²) in [5.41, 5.74) is 0.743. The number of piperidine rings is 2. The standard InChI is InChI=1S/C24H29ClF3N5O/c25-20-5-2-6-22(31-20)32-23(34)18-15-30-21(26)13-19(18)33-11-7-16(8-12-33)3-1-4-17-14-29-10-9-24(17,27)28/h2,5-6,13,15-17,29H,1,3-4,7-12,14H2,(H,31,32,34). The van der Waals surface area contributed by atoms with E-state index in [1.54, 1.807) is 18.2 Å². The van der Waals surface area contributed by atoms with Crippen LogP contribution in [-0.4, -0.2) is 48.0 Å². The van der Waals surface area contributed by atoms with Crippen molar-refractivity contribution in [1.82, 2.24) is 15.3 Å². The highest BCUT2D eigenvalue weighted by Crippen LogP contribution is 2.35. The van der Waals surface area contributed by atoms with E-state index < -0.39 is 23.7 Å². The number of rotatable bonds is 7. The number of nitrogens with one attached hydrogen (secondary N) is 2. The van der Waals surface area contributed by atoms with Gasteiger partial charge in [-0.15, -0.1) is 0 Å². The molecule has 4 heterocycles. The molecule has 1 unspecified atom stereocenters. The number of hydrogen-bond donors (Lipinski definition) is 2. The Bertz CT molecular complexity index is 1000. The third-order valence-electron chi connectivity index (χ3n) is 6.79. The summed E-state index contributed by atoms with van der Waals surface area (Å²) in [7, 11) is 0. The summed E-state index contributed by atoms with van der Waals surface area (Å²) in [5, 5.41) is 6.01. The first-order valence-electron chi connectivity index (χ1n) is 11.7. The highest BCUT2D eigenvalue weighted by atomic mass is 35.5. The third kappa shape index (κ3) is 6.18. The largest absolute Gasteiger partial charge is 0.371 e. The molecule has 2 aliphatic heterocycles. The molecule has 2 aliphatic rings. The Labute approximate surface area is 202 Å². The molecule has 0 spiro atoms. The summed E-state index contributed by atoms with van der Waals surface area (Å²) in [5.74, 6) is -3.53. The van der Waals surface area contributed by atoms with Crippen molar-refractivity contribution in [2.45, 2.75) is 44.4 Å². The first-order chi connectivity index (χ1) is 16.3. The van der Waals surface area contributed by atoms with Gasteiger partial charge in [0.15, 0.2) is 0 Å². The second kappa shape index (κ2) is 10.9. The van der Waals surface area contributed by atoms with Gasteiger partial charge in [-0.2, -0.15) is 4.39 Å². The van der Waals surface area contributed by atoms with Crippen molar-refractivity contribution >= 4 is 29.0 Å². The number of amides is 1. The Balaban J connectivity index is 1.33. The van der Waals surface area contributed by atoms with Gasteiger partial charge >= 0.3 is 0 Å². The van der Waals surface area contributed by atoms with Crippen molar-refractivity contribution in [2.24, 2.45) is 11.8 Å². The predicted octanol–water partition coefficient (Wildman–Crippen LogP) is 5.15. The number of alkyl halides is 2. The zero-order valence-corrected chi connectivity index (χ0v) is 19.6. The van der Waals surface area contributed by atoms with Crippen molar-refractivity contribution in [3.63, 3.8) is 0 Å². The van der Waals surface area contributed by atoms with E-state index in [2.05, 4.69) is 20.6 Å². The Morgan fingerprint density at radius 2 is 2.06 bits per heavy atom. The topological polar surface area (TPSA) is 70.2 Å². The fraction of sp³-hybridized carbons (Fsp3) is 0.542. The first kappa shape index (κ1) is 24.7. The third-order valence-corrected chi connectivity index (χ3v) is 7.00. The lowest BCUT2D eigenvalue weighted by atomic mass is 9.86. The summed E-state index contributed by atoms with van der Waals surface area (Å²) in [6.07, 6.45) is 5.07. The molecule has 1 atom stereocenters. The zero-order chi connectivity index (χ0) is 24.1. The van der Waals surface area contributed by atoms with Crippen molar-refractivity contribution in [3.05, 3.63) is 47.1 Å². The van der Waals surface area contributed by atoms with Crippen LogP contribution in [0, 0.1) is 17.8 Å². The minimum atomic E-state index is -2.57. The van der Waals surface area contributed by atoms with E-state index >= 15 is 0 Å². The zero-order valence-electron chi connectivity index (χ0n) is 18.9. The highest BCUT2D eigenvalue weighted by molar-refractivity contribution is 6.29. The molecule has 0 aliphatic carbocycles. The molecule has 0 radical (unpaired) electrons. The molecule has 2 aromatic rings. The SMILES string of the molecule is O=C(Nc1cccc(Cl)n1)c1cnc(F)cc1N1CCC(CCCC2CNCCC2(F)F)CC1. The summed E-state index contributed by atoms with van der Waals surface area (Å²) >= 11 is 5.88. The average molecular weight is 496 g/mol. The van der Waals surface area contributed by atoms with Gasteiger partial charge < -0.3 is 15.5 Å². The highest BCUT2D eigenvalue weighted by Gasteiger charge is 2.40. The van der Waals surface area contributed by atoms with Crippen LogP contribution in [0.2, 0.25) is 5.15 Å². The van der Waals surface area contributed by atoms with Crippen LogP contribution in [0.15, 0.2) is 30.5 Å². The van der Waals surface area contributed by atoms with Gasteiger partial charge in [0, 0.05) is 50.8 Å². The van der Waals surface area contributed by atoms with Crippen LogP contribution < -0.4 is 15.5 Å². The molecule has 1 amide bonds. The van der Waals surface area contributed by atoms with Gasteiger partial charge in [0.2, 0.25) is 5.95 Å². The van der Waals surface area contributed by atoms with Gasteiger partial charge in [-0.05, 0) is 37.3 Å². The van der Waals surface area contributed by atoms with E-state index in [0.717, 1.165) is 25.7 Å². The number of nitrogens with zero attached hydrogens (tertiary/aromatic N) is 3. The molecule has 0 saturated carbocycles. The summed E-state index contributed by atoms with van der Waals surface area (Å²) < 4.78 is 42.0. The monoisotopic (exact) mass is 495 g/mol. The molecule has 34 heavy (non-hydrogen) atoms. The van der Waals surface area contributed by atoms with Crippen LogP contribution >= 0.6 is 11.6 Å². The number of anilines is 2. The summed E-state index contributed by atoms with van der Waals surface area (Å²) in [4.78, 5) is 22.6. The van der Waals surface area contributed by atoms with E-state index in [0.29, 0.717) is 50.0 Å². The van der Waals surface area contributed by atoms with E-state index in [4.69, 9.17) is 11.6 Å². The molecule has 0 bridgehead atoms. The Kier molecular flexibility index (Phi) is 7.93. The Hall–Kier alpha value is -2.39. The number of carbonyl (C=O) groups is 1. The fourth-order valence-electron chi connectivity index (χ4n) is 4.83. The number of pyridine rings is 2. The van der Waals surface area contributed by atoms with Gasteiger partial charge in [0.1, 0.15) is 11.0 Å². The van der Waals surface area contributed by atoms with Crippen molar-refractivity contribution < 1.29 is 18.0 Å². The number of carbonyl (C=O) groups excluding carboxylic acids is 1. The van der Waals surface area contributed by atoms with Crippen LogP contribution in [-0.2, 0) is 0 Å². The molecule has 0 aromatic carbocycles. The van der Waals surface area contributed by atoms with Gasteiger partial charge in [-0.3, -0.25) is 4.79 Å². The van der Waals surface area contributed by atoms with E-state index in [1.807, 2.05) is 4.90 Å². The number of halogens is 4. The van der Waals surface area contributed by atoms with E-state index in [-0.39, 0.29) is 17.1 Å². The minimum absolute atomic E-state index is 0.0815. The van der Waals surface area contributed by atoms with Gasteiger partial charge in [0.25, 0.3) is 11.8 Å². The lowest BCUT2D eigenvalue weighted by Crippen LogP contribution is -2.44. The lowest BCUT2D eigenvalue weighted by molar-refractivity contribution is -0.0815. The lowest BCUT2D eigenvalue weighted by Gasteiger charge is -2.35. The van der Waals surface area contributed by atoms with E-state index in [1.165, 1.54) is 12.3 Å². The predicted molar refractivity (Wildman–Crippen MR) is 126 cm³/mol. The Morgan fingerprint density at radius 3 is 2.79 bits per heavy atom. The smallest absolute Gasteiger partial charge is 0.260 e. The van der Waals surface area contributed by atoms with Crippen molar-refractivity contribution in [2.75, 3.05) is 36.4 Å². The molecule has 6 nitrogen and oxygen atoms in total. The van der Waals surface area contributed by atoms with Crippen molar-refractivity contribution in [3.8, 4) is 0 Å². The van der Waals surface area contributed by atoms with Crippen LogP contribution in [0.4, 0.5) is 24.7 Å². The van der Waals surface area contributed by atoms with Crippen LogP contribution in [0.3, 0.4) is 0 Å². The second-order valence-corrected chi connectivity index (χ2v) is 9.48. The van der Waals surface area contributed by atoms with Crippen LogP contribution in [0.25, 0.3) is 0 Å². The fourth-order valence-corrected chi connectivity index (χ4v) is 5.00. The molecular formula is C24H29ClF3N5O. The normalized spacial score (nSPS) is 20.8. The summed E-state index contributed by atoms with van der Waals surface area (Å²) in [6, 6.07) is 6.17. The van der Waals surface area contributed by atoms with Gasteiger partial charge in [0.05, 0.1) is 11.3 Å². The molecule has 4 rings (SSSR count). The number of aromatic nitrogens is 2. The molecular weight excluding hydrogens is 467 g/mol. The maximum Gasteiger partial charge on any atom is 0.260 e.